The second-order valence-electron chi connectivity index (χ2n) is 7.49. The van der Waals surface area contributed by atoms with Gasteiger partial charge in [0.2, 0.25) is 5.91 Å². The average Bonchev–Trinajstić information content (AvgIpc) is 3.20. The molecule has 0 spiro atoms. The highest BCUT2D eigenvalue weighted by Crippen LogP contribution is 2.37. The van der Waals surface area contributed by atoms with Crippen LogP contribution in [0.1, 0.15) is 31.7 Å². The van der Waals surface area contributed by atoms with E-state index in [1.807, 2.05) is 43.3 Å². The highest BCUT2D eigenvalue weighted by Gasteiger charge is 2.23. The Labute approximate surface area is 204 Å². The number of para-hydroxylation sites is 2. The minimum absolute atomic E-state index is 0.227. The molecule has 4 aromatic rings. The number of amides is 1. The number of hydrogen-bond donors (Lipinski definition) is 1. The molecule has 0 bridgehead atoms. The molecule has 1 atom stereocenters. The van der Waals surface area contributed by atoms with E-state index >= 15 is 0 Å². The van der Waals surface area contributed by atoms with Crippen LogP contribution in [0.5, 0.6) is 5.75 Å². The van der Waals surface area contributed by atoms with Gasteiger partial charge in [0, 0.05) is 14.9 Å². The number of ether oxygens (including phenoxy) is 1. The number of hydrogen-bond acceptors (Lipinski definition) is 5. The topological polar surface area (TPSA) is 73.2 Å². The summed E-state index contributed by atoms with van der Waals surface area (Å²) in [6, 6.07) is 14.4. The van der Waals surface area contributed by atoms with E-state index in [9.17, 15) is 9.59 Å². The molecule has 170 valence electrons. The van der Waals surface area contributed by atoms with Gasteiger partial charge < -0.3 is 10.1 Å². The van der Waals surface area contributed by atoms with Crippen molar-refractivity contribution in [2.24, 2.45) is 0 Å². The number of carbonyl (C=O) groups is 1. The summed E-state index contributed by atoms with van der Waals surface area (Å²) in [5.74, 6) is 0.269. The first-order valence-electron chi connectivity index (χ1n) is 10.8. The molecule has 0 aliphatic carbocycles. The lowest BCUT2D eigenvalue weighted by molar-refractivity contribution is -0.118. The van der Waals surface area contributed by atoms with Gasteiger partial charge in [-0.3, -0.25) is 14.2 Å². The Balaban J connectivity index is 1.75. The smallest absolute Gasteiger partial charge is 0.263 e. The molecule has 2 aromatic heterocycles. The molecular formula is C25H24BrN3O3S. The average molecular weight is 526 g/mol. The van der Waals surface area contributed by atoms with Crippen molar-refractivity contribution in [3.8, 4) is 16.9 Å². The molecule has 0 saturated carbocycles. The summed E-state index contributed by atoms with van der Waals surface area (Å²) in [6.45, 7) is 6.13. The largest absolute Gasteiger partial charge is 0.492 e. The first-order chi connectivity index (χ1) is 15.9. The number of benzene rings is 2. The number of nitrogens with one attached hydrogen (secondary N) is 1. The third kappa shape index (κ3) is 4.58. The van der Waals surface area contributed by atoms with E-state index < -0.39 is 6.04 Å². The molecule has 33 heavy (non-hydrogen) atoms. The standard InChI is InChI=1S/C25H24BrN3O3S/c1-4-20-21(16-10-12-17(26)13-11-16)22-24(33-20)27-14-29(25(22)31)15(3)23(30)28-18-8-6-7-9-19(18)32-5-2/h6-15H,4-5H2,1-3H3,(H,28,30). The minimum Gasteiger partial charge on any atom is -0.492 e. The van der Waals surface area contributed by atoms with E-state index in [4.69, 9.17) is 4.74 Å². The summed E-state index contributed by atoms with van der Waals surface area (Å²) in [4.78, 5) is 33.0. The van der Waals surface area contributed by atoms with Crippen LogP contribution in [-0.4, -0.2) is 22.1 Å². The predicted octanol–water partition coefficient (Wildman–Crippen LogP) is 6.05. The zero-order valence-electron chi connectivity index (χ0n) is 18.6. The lowest BCUT2D eigenvalue weighted by atomic mass is 10.0. The van der Waals surface area contributed by atoms with Crippen LogP contribution >= 0.6 is 27.3 Å². The van der Waals surface area contributed by atoms with Crippen molar-refractivity contribution in [3.63, 3.8) is 0 Å². The number of fused-ring (bicyclic) bond motifs is 1. The molecular weight excluding hydrogens is 502 g/mol. The molecule has 0 saturated heterocycles. The Morgan fingerprint density at radius 2 is 1.91 bits per heavy atom. The summed E-state index contributed by atoms with van der Waals surface area (Å²) in [7, 11) is 0. The normalized spacial score (nSPS) is 12.0. The quantitative estimate of drug-likeness (QED) is 0.318. The monoisotopic (exact) mass is 525 g/mol. The molecule has 6 nitrogen and oxygen atoms in total. The summed E-state index contributed by atoms with van der Waals surface area (Å²) >= 11 is 4.99. The summed E-state index contributed by atoms with van der Waals surface area (Å²) in [5.41, 5.74) is 2.19. The fourth-order valence-corrected chi connectivity index (χ4v) is 5.07. The van der Waals surface area contributed by atoms with Gasteiger partial charge in [-0.15, -0.1) is 11.3 Å². The van der Waals surface area contributed by atoms with Crippen LogP contribution in [0, 0.1) is 0 Å². The van der Waals surface area contributed by atoms with Gasteiger partial charge in [-0.2, -0.15) is 0 Å². The van der Waals surface area contributed by atoms with Crippen LogP contribution in [0.4, 0.5) is 5.69 Å². The number of aryl methyl sites for hydroxylation is 1. The second kappa shape index (κ2) is 9.89. The van der Waals surface area contributed by atoms with E-state index in [0.717, 1.165) is 26.9 Å². The maximum absolute atomic E-state index is 13.6. The number of anilines is 1. The maximum Gasteiger partial charge on any atom is 0.263 e. The van der Waals surface area contributed by atoms with Crippen molar-refractivity contribution in [2.45, 2.75) is 33.2 Å². The molecule has 4 rings (SSSR count). The van der Waals surface area contributed by atoms with Gasteiger partial charge in [-0.1, -0.05) is 47.1 Å². The first-order valence-corrected chi connectivity index (χ1v) is 12.4. The van der Waals surface area contributed by atoms with E-state index in [0.29, 0.717) is 28.3 Å². The van der Waals surface area contributed by atoms with Crippen molar-refractivity contribution in [1.82, 2.24) is 9.55 Å². The summed E-state index contributed by atoms with van der Waals surface area (Å²) in [6.07, 6.45) is 2.25. The second-order valence-corrected chi connectivity index (χ2v) is 9.49. The van der Waals surface area contributed by atoms with E-state index in [2.05, 4.69) is 33.2 Å². The number of aromatic nitrogens is 2. The Morgan fingerprint density at radius 1 is 1.18 bits per heavy atom. The molecule has 0 fully saturated rings. The maximum atomic E-state index is 13.6. The van der Waals surface area contributed by atoms with Crippen LogP contribution in [-0.2, 0) is 11.2 Å². The third-order valence-electron chi connectivity index (χ3n) is 5.41. The molecule has 1 N–H and O–H groups in total. The molecule has 1 unspecified atom stereocenters. The molecule has 2 aromatic carbocycles. The lowest BCUT2D eigenvalue weighted by Crippen LogP contribution is -2.31. The lowest BCUT2D eigenvalue weighted by Gasteiger charge is -2.17. The molecule has 0 aliphatic rings. The van der Waals surface area contributed by atoms with Crippen molar-refractivity contribution >= 4 is 49.1 Å². The van der Waals surface area contributed by atoms with Crippen LogP contribution in [0.15, 0.2) is 64.1 Å². The van der Waals surface area contributed by atoms with Crippen molar-refractivity contribution in [3.05, 3.63) is 74.6 Å². The van der Waals surface area contributed by atoms with Gasteiger partial charge in [0.05, 0.1) is 24.0 Å². The van der Waals surface area contributed by atoms with Gasteiger partial charge in [0.25, 0.3) is 5.56 Å². The Hall–Kier alpha value is -2.97. The number of halogens is 1. The number of nitrogens with zero attached hydrogens (tertiary/aromatic N) is 2. The molecule has 0 radical (unpaired) electrons. The van der Waals surface area contributed by atoms with Crippen LogP contribution in [0.3, 0.4) is 0 Å². The van der Waals surface area contributed by atoms with Gasteiger partial charge in [-0.05, 0) is 50.1 Å². The number of thiophene rings is 1. The van der Waals surface area contributed by atoms with Crippen LogP contribution in [0.2, 0.25) is 0 Å². The van der Waals surface area contributed by atoms with Gasteiger partial charge >= 0.3 is 0 Å². The minimum atomic E-state index is -0.758. The summed E-state index contributed by atoms with van der Waals surface area (Å²) in [5, 5.41) is 3.44. The zero-order chi connectivity index (χ0) is 23.5. The van der Waals surface area contributed by atoms with Gasteiger partial charge in [0.15, 0.2) is 0 Å². The van der Waals surface area contributed by atoms with Gasteiger partial charge in [0.1, 0.15) is 16.6 Å². The number of carbonyl (C=O) groups excluding carboxylic acids is 1. The molecule has 0 aliphatic heterocycles. The Morgan fingerprint density at radius 3 is 2.61 bits per heavy atom. The third-order valence-corrected chi connectivity index (χ3v) is 7.18. The fourth-order valence-electron chi connectivity index (χ4n) is 3.71. The van der Waals surface area contributed by atoms with E-state index in [1.54, 1.807) is 19.1 Å². The summed E-state index contributed by atoms with van der Waals surface area (Å²) < 4.78 is 7.96. The van der Waals surface area contributed by atoms with Crippen LogP contribution in [0.25, 0.3) is 21.3 Å². The Bertz CT molecular complexity index is 1360. The zero-order valence-corrected chi connectivity index (χ0v) is 21.0. The predicted molar refractivity (Wildman–Crippen MR) is 137 cm³/mol. The molecule has 2 heterocycles. The highest BCUT2D eigenvalue weighted by molar-refractivity contribution is 9.10. The van der Waals surface area contributed by atoms with Crippen molar-refractivity contribution in [2.75, 3.05) is 11.9 Å². The van der Waals surface area contributed by atoms with E-state index in [1.165, 1.54) is 22.2 Å². The number of rotatable bonds is 7. The Kier molecular flexibility index (Phi) is 6.95. The van der Waals surface area contributed by atoms with Crippen molar-refractivity contribution < 1.29 is 9.53 Å². The van der Waals surface area contributed by atoms with E-state index in [-0.39, 0.29) is 11.5 Å². The molecule has 1 amide bonds. The molecule has 8 heteroatoms. The van der Waals surface area contributed by atoms with Gasteiger partial charge in [-0.25, -0.2) is 4.98 Å². The first kappa shape index (κ1) is 23.2. The SMILES string of the molecule is CCOc1ccccc1NC(=O)C(C)n1cnc2sc(CC)c(-c3ccc(Br)cc3)c2c1=O. The highest BCUT2D eigenvalue weighted by atomic mass is 79.9. The van der Waals surface area contributed by atoms with Crippen LogP contribution < -0.4 is 15.6 Å². The van der Waals surface area contributed by atoms with Crippen molar-refractivity contribution in [1.29, 1.82) is 0 Å². The fraction of sp³-hybridized carbons (Fsp3) is 0.240.